The Morgan fingerprint density at radius 2 is 1.87 bits per heavy atom. The first-order valence-corrected chi connectivity index (χ1v) is 10.7. The fraction of sp³-hybridized carbons (Fsp3) is 0.263. The van der Waals surface area contributed by atoms with Gasteiger partial charge in [-0.25, -0.2) is 22.6 Å². The predicted molar refractivity (Wildman–Crippen MR) is 112 cm³/mol. The van der Waals surface area contributed by atoms with E-state index < -0.39 is 20.6 Å². The van der Waals surface area contributed by atoms with Gasteiger partial charge in [-0.3, -0.25) is 14.7 Å². The topological polar surface area (TPSA) is 138 Å². The first kappa shape index (κ1) is 22.2. The number of sulfonamides is 1. The predicted octanol–water partition coefficient (Wildman–Crippen LogP) is 1.45. The molecule has 0 spiro atoms. The number of aromatic nitrogens is 3. The van der Waals surface area contributed by atoms with Crippen LogP contribution in [0.4, 0.5) is 5.69 Å². The number of non-ortho nitro benzene ring substituents is 1. The summed E-state index contributed by atoms with van der Waals surface area (Å²) < 4.78 is 35.2. The lowest BCUT2D eigenvalue weighted by Crippen LogP contribution is -2.32. The minimum absolute atomic E-state index is 0.0178. The van der Waals surface area contributed by atoms with Crippen LogP contribution in [0.15, 0.2) is 52.2 Å². The van der Waals surface area contributed by atoms with Crippen molar-refractivity contribution in [1.29, 1.82) is 0 Å². The van der Waals surface area contributed by atoms with Crippen molar-refractivity contribution in [3.63, 3.8) is 0 Å². The highest BCUT2D eigenvalue weighted by molar-refractivity contribution is 7.89. The molecule has 11 nitrogen and oxygen atoms in total. The number of nitrogens with zero attached hydrogens (tertiary/aromatic N) is 4. The Balaban J connectivity index is 1.77. The third-order valence-electron chi connectivity index (χ3n) is 4.68. The second-order valence-electron chi connectivity index (χ2n) is 6.72. The van der Waals surface area contributed by atoms with Gasteiger partial charge in [-0.15, -0.1) is 5.10 Å². The summed E-state index contributed by atoms with van der Waals surface area (Å²) in [5.41, 5.74) is 0.342. The van der Waals surface area contributed by atoms with Crippen LogP contribution in [0.25, 0.3) is 11.4 Å². The van der Waals surface area contributed by atoms with E-state index in [1.807, 2.05) is 0 Å². The number of nitro benzene ring substituents is 1. The quantitative estimate of drug-likeness (QED) is 0.407. The van der Waals surface area contributed by atoms with E-state index in [0.717, 1.165) is 10.7 Å². The maximum Gasteiger partial charge on any atom is 0.345 e. The number of rotatable bonds is 8. The summed E-state index contributed by atoms with van der Waals surface area (Å²) >= 11 is 0. The highest BCUT2D eigenvalue weighted by Crippen LogP contribution is 2.22. The van der Waals surface area contributed by atoms with E-state index in [0.29, 0.717) is 22.7 Å². The summed E-state index contributed by atoms with van der Waals surface area (Å²) in [4.78, 5) is 22.6. The van der Waals surface area contributed by atoms with Gasteiger partial charge in [-0.2, -0.15) is 0 Å². The molecule has 12 heteroatoms. The molecule has 0 unspecified atom stereocenters. The number of nitro groups is 1. The van der Waals surface area contributed by atoms with E-state index in [2.05, 4.69) is 9.82 Å². The summed E-state index contributed by atoms with van der Waals surface area (Å²) in [5, 5.41) is 15.2. The van der Waals surface area contributed by atoms with Gasteiger partial charge in [0, 0.05) is 31.3 Å². The zero-order valence-electron chi connectivity index (χ0n) is 17.1. The van der Waals surface area contributed by atoms with Gasteiger partial charge < -0.3 is 4.74 Å². The second-order valence-corrected chi connectivity index (χ2v) is 8.46. The van der Waals surface area contributed by atoms with Gasteiger partial charge in [-0.05, 0) is 36.8 Å². The normalized spacial score (nSPS) is 11.5. The van der Waals surface area contributed by atoms with Gasteiger partial charge >= 0.3 is 5.69 Å². The Bertz CT molecular complexity index is 1280. The Kier molecular flexibility index (Phi) is 6.22. The van der Waals surface area contributed by atoms with E-state index in [4.69, 9.17) is 4.74 Å². The van der Waals surface area contributed by atoms with Crippen molar-refractivity contribution in [3.05, 3.63) is 68.6 Å². The minimum atomic E-state index is -4.01. The van der Waals surface area contributed by atoms with Crippen molar-refractivity contribution in [3.8, 4) is 17.1 Å². The zero-order chi connectivity index (χ0) is 22.8. The molecule has 1 N–H and O–H groups in total. The first-order chi connectivity index (χ1) is 14.6. The molecule has 0 saturated heterocycles. The van der Waals surface area contributed by atoms with E-state index in [9.17, 15) is 23.3 Å². The molecule has 0 bridgehead atoms. The van der Waals surface area contributed by atoms with Gasteiger partial charge in [0.05, 0.1) is 23.5 Å². The summed E-state index contributed by atoms with van der Waals surface area (Å²) in [5.74, 6) is 1.09. The Hall–Kier alpha value is -3.51. The van der Waals surface area contributed by atoms with Crippen molar-refractivity contribution in [2.24, 2.45) is 7.05 Å². The van der Waals surface area contributed by atoms with Crippen LogP contribution >= 0.6 is 0 Å². The van der Waals surface area contributed by atoms with Crippen LogP contribution in [-0.2, 0) is 23.6 Å². The molecule has 2 aromatic carbocycles. The highest BCUT2D eigenvalue weighted by atomic mass is 32.2. The molecule has 0 atom stereocenters. The van der Waals surface area contributed by atoms with Gasteiger partial charge in [0.25, 0.3) is 5.69 Å². The second kappa shape index (κ2) is 8.70. The van der Waals surface area contributed by atoms with Crippen LogP contribution in [0.5, 0.6) is 5.75 Å². The average molecular weight is 447 g/mol. The number of methoxy groups -OCH3 is 1. The summed E-state index contributed by atoms with van der Waals surface area (Å²) in [6, 6.07) is 10.6. The summed E-state index contributed by atoms with van der Waals surface area (Å²) in [6.45, 7) is 1.40. The van der Waals surface area contributed by atoms with Gasteiger partial charge in [0.1, 0.15) is 5.75 Å². The molecular formula is C19H21N5O6S. The number of ether oxygens (including phenoxy) is 1. The maximum atomic E-state index is 12.6. The SMILES string of the molecule is COc1ccc(-c2nn(CCNS(=O)(=O)c3cc([N+](=O)[O-])ccc3C)c(=O)n2C)cc1. The Morgan fingerprint density at radius 3 is 2.48 bits per heavy atom. The fourth-order valence-electron chi connectivity index (χ4n) is 2.98. The maximum absolute atomic E-state index is 12.6. The molecular weight excluding hydrogens is 426 g/mol. The molecule has 3 aromatic rings. The number of aryl methyl sites for hydroxylation is 1. The van der Waals surface area contributed by atoms with Crippen LogP contribution in [0.3, 0.4) is 0 Å². The highest BCUT2D eigenvalue weighted by Gasteiger charge is 2.20. The fourth-order valence-corrected chi connectivity index (χ4v) is 4.26. The lowest BCUT2D eigenvalue weighted by molar-refractivity contribution is -0.385. The molecule has 0 saturated carbocycles. The first-order valence-electron chi connectivity index (χ1n) is 9.17. The largest absolute Gasteiger partial charge is 0.497 e. The lowest BCUT2D eigenvalue weighted by Gasteiger charge is -2.09. The molecule has 0 fully saturated rings. The van der Waals surface area contributed by atoms with Gasteiger partial charge in [0.2, 0.25) is 10.0 Å². The molecule has 0 radical (unpaired) electrons. The van der Waals surface area contributed by atoms with Crippen molar-refractivity contribution in [1.82, 2.24) is 19.1 Å². The van der Waals surface area contributed by atoms with Crippen LogP contribution in [0.1, 0.15) is 5.56 Å². The molecule has 0 aliphatic rings. The van der Waals surface area contributed by atoms with Crippen molar-refractivity contribution < 1.29 is 18.1 Å². The Morgan fingerprint density at radius 1 is 1.19 bits per heavy atom. The molecule has 164 valence electrons. The number of hydrogen-bond acceptors (Lipinski definition) is 7. The van der Waals surface area contributed by atoms with E-state index >= 15 is 0 Å². The molecule has 0 aliphatic heterocycles. The molecule has 1 aromatic heterocycles. The average Bonchev–Trinajstić information content (AvgIpc) is 3.02. The van der Waals surface area contributed by atoms with Crippen molar-refractivity contribution >= 4 is 15.7 Å². The third kappa shape index (κ3) is 4.64. The minimum Gasteiger partial charge on any atom is -0.497 e. The van der Waals surface area contributed by atoms with Crippen LogP contribution in [0, 0.1) is 17.0 Å². The molecule has 0 amide bonds. The summed E-state index contributed by atoms with van der Waals surface area (Å²) in [7, 11) is -0.889. The zero-order valence-corrected chi connectivity index (χ0v) is 17.9. The van der Waals surface area contributed by atoms with Crippen molar-refractivity contribution in [2.45, 2.75) is 18.4 Å². The van der Waals surface area contributed by atoms with E-state index in [1.54, 1.807) is 45.3 Å². The standard InChI is InChI=1S/C19H21N5O6S/c1-13-4-7-15(24(26)27)12-17(13)31(28,29)20-10-11-23-19(25)22(2)18(21-23)14-5-8-16(30-3)9-6-14/h4-9,12,20H,10-11H2,1-3H3. The van der Waals surface area contributed by atoms with E-state index in [1.165, 1.54) is 16.7 Å². The van der Waals surface area contributed by atoms with Crippen molar-refractivity contribution in [2.75, 3.05) is 13.7 Å². The van der Waals surface area contributed by atoms with Crippen LogP contribution in [0.2, 0.25) is 0 Å². The van der Waals surface area contributed by atoms with Gasteiger partial charge in [0.15, 0.2) is 5.82 Å². The smallest absolute Gasteiger partial charge is 0.345 e. The van der Waals surface area contributed by atoms with E-state index in [-0.39, 0.29) is 23.7 Å². The number of benzene rings is 2. The monoisotopic (exact) mass is 447 g/mol. The number of nitrogens with one attached hydrogen (secondary N) is 1. The van der Waals surface area contributed by atoms with Crippen LogP contribution in [-0.4, -0.2) is 41.3 Å². The van der Waals surface area contributed by atoms with Gasteiger partial charge in [-0.1, -0.05) is 6.07 Å². The molecule has 0 aliphatic carbocycles. The number of hydrogen-bond donors (Lipinski definition) is 1. The third-order valence-corrected chi connectivity index (χ3v) is 6.28. The Labute approximate surface area is 178 Å². The lowest BCUT2D eigenvalue weighted by atomic mass is 10.2. The molecule has 3 rings (SSSR count). The molecule has 31 heavy (non-hydrogen) atoms. The molecule has 1 heterocycles. The van der Waals surface area contributed by atoms with Crippen LogP contribution < -0.4 is 15.1 Å². The summed E-state index contributed by atoms with van der Waals surface area (Å²) in [6.07, 6.45) is 0.